The first kappa shape index (κ1) is 22.2. The maximum atomic E-state index is 12.4. The van der Waals surface area contributed by atoms with Gasteiger partial charge in [0.05, 0.1) is 24.7 Å². The van der Waals surface area contributed by atoms with Crippen molar-refractivity contribution in [3.8, 4) is 0 Å². The Morgan fingerprint density at radius 2 is 1.73 bits per heavy atom. The molecule has 1 heterocycles. The van der Waals surface area contributed by atoms with Gasteiger partial charge in [0.15, 0.2) is 0 Å². The van der Waals surface area contributed by atoms with E-state index in [1.54, 1.807) is 0 Å². The van der Waals surface area contributed by atoms with Crippen molar-refractivity contribution in [3.63, 3.8) is 0 Å². The number of carbonyl (C=O) groups is 1. The summed E-state index contributed by atoms with van der Waals surface area (Å²) in [6.07, 6.45) is 0. The number of hydrogen-bond donors (Lipinski definition) is 2. The summed E-state index contributed by atoms with van der Waals surface area (Å²) in [7, 11) is -2.12. The molecule has 1 fully saturated rings. The van der Waals surface area contributed by atoms with E-state index in [0.717, 1.165) is 37.6 Å². The molecule has 0 aromatic heterocycles. The number of rotatable bonds is 9. The first-order valence-corrected chi connectivity index (χ1v) is 11.3. The van der Waals surface area contributed by atoms with Gasteiger partial charge in [-0.15, -0.1) is 0 Å². The Labute approximate surface area is 177 Å². The highest BCUT2D eigenvalue weighted by molar-refractivity contribution is 7.89. The van der Waals surface area contributed by atoms with Crippen LogP contribution in [-0.4, -0.2) is 60.9 Å². The molecule has 2 aromatic rings. The Hall–Kier alpha value is -2.46. The third kappa shape index (κ3) is 6.02. The topological polar surface area (TPSA) is 97.0 Å². The lowest BCUT2D eigenvalue weighted by atomic mass is 10.1. The summed E-state index contributed by atoms with van der Waals surface area (Å²) < 4.78 is 37.0. The summed E-state index contributed by atoms with van der Waals surface area (Å²) >= 11 is 0. The highest BCUT2D eigenvalue weighted by atomic mass is 32.2. The molecule has 162 valence electrons. The lowest BCUT2D eigenvalue weighted by Gasteiger charge is -2.28. The van der Waals surface area contributed by atoms with Crippen LogP contribution in [0.4, 0.5) is 5.69 Å². The standard InChI is InChI=1S/C21H27N3O5S/c1-28-13-10-23-30(26,27)20-8-4-18(5-9-20)21(25)22-16-17-2-6-19(7-3-17)24-11-14-29-15-12-24/h2-9,23H,10-16H2,1H3,(H,22,25). The number of anilines is 1. The normalized spacial score (nSPS) is 14.5. The zero-order chi connectivity index (χ0) is 21.4. The van der Waals surface area contributed by atoms with Crippen molar-refractivity contribution in [1.29, 1.82) is 0 Å². The van der Waals surface area contributed by atoms with Crippen molar-refractivity contribution in [3.05, 3.63) is 59.7 Å². The van der Waals surface area contributed by atoms with Crippen LogP contribution in [0.5, 0.6) is 0 Å². The number of sulfonamides is 1. The largest absolute Gasteiger partial charge is 0.383 e. The summed E-state index contributed by atoms with van der Waals surface area (Å²) in [4.78, 5) is 14.8. The summed E-state index contributed by atoms with van der Waals surface area (Å²) in [6.45, 7) is 4.09. The Morgan fingerprint density at radius 1 is 1.07 bits per heavy atom. The Morgan fingerprint density at radius 3 is 2.37 bits per heavy atom. The van der Waals surface area contributed by atoms with Crippen molar-refractivity contribution >= 4 is 21.6 Å². The predicted octanol–water partition coefficient (Wildman–Crippen LogP) is 1.38. The number of nitrogens with one attached hydrogen (secondary N) is 2. The van der Waals surface area contributed by atoms with Crippen LogP contribution in [0.1, 0.15) is 15.9 Å². The molecular formula is C21H27N3O5S. The van der Waals surface area contributed by atoms with Crippen LogP contribution in [0, 0.1) is 0 Å². The number of nitrogens with zero attached hydrogens (tertiary/aromatic N) is 1. The highest BCUT2D eigenvalue weighted by Gasteiger charge is 2.15. The second-order valence-electron chi connectivity index (χ2n) is 6.86. The van der Waals surface area contributed by atoms with E-state index in [2.05, 4.69) is 14.9 Å². The van der Waals surface area contributed by atoms with Gasteiger partial charge in [-0.05, 0) is 42.0 Å². The van der Waals surface area contributed by atoms with Crippen LogP contribution in [0.2, 0.25) is 0 Å². The van der Waals surface area contributed by atoms with E-state index in [1.165, 1.54) is 31.4 Å². The maximum absolute atomic E-state index is 12.4. The second-order valence-corrected chi connectivity index (χ2v) is 8.63. The van der Waals surface area contributed by atoms with E-state index >= 15 is 0 Å². The lowest BCUT2D eigenvalue weighted by molar-refractivity contribution is 0.0950. The number of carbonyl (C=O) groups excluding carboxylic acids is 1. The molecule has 0 spiro atoms. The third-order valence-electron chi connectivity index (χ3n) is 4.79. The minimum absolute atomic E-state index is 0.105. The van der Waals surface area contributed by atoms with Crippen molar-refractivity contribution in [2.24, 2.45) is 0 Å². The quantitative estimate of drug-likeness (QED) is 0.580. The summed E-state index contributed by atoms with van der Waals surface area (Å²) in [5.41, 5.74) is 2.53. The maximum Gasteiger partial charge on any atom is 0.251 e. The van der Waals surface area contributed by atoms with Gasteiger partial charge in [0.25, 0.3) is 5.91 Å². The number of ether oxygens (including phenoxy) is 2. The minimum Gasteiger partial charge on any atom is -0.383 e. The van der Waals surface area contributed by atoms with Crippen LogP contribution in [-0.2, 0) is 26.0 Å². The van der Waals surface area contributed by atoms with E-state index in [0.29, 0.717) is 12.1 Å². The van der Waals surface area contributed by atoms with Crippen LogP contribution in [0.3, 0.4) is 0 Å². The molecule has 3 rings (SSSR count). The fourth-order valence-electron chi connectivity index (χ4n) is 3.08. The van der Waals surface area contributed by atoms with Gasteiger partial charge in [0.2, 0.25) is 10.0 Å². The Kier molecular flexibility index (Phi) is 7.81. The number of methoxy groups -OCH3 is 1. The molecule has 2 N–H and O–H groups in total. The van der Waals surface area contributed by atoms with E-state index in [1.807, 2.05) is 24.3 Å². The van der Waals surface area contributed by atoms with Gasteiger partial charge >= 0.3 is 0 Å². The average Bonchev–Trinajstić information content (AvgIpc) is 2.78. The minimum atomic E-state index is -3.62. The van der Waals surface area contributed by atoms with E-state index in [9.17, 15) is 13.2 Å². The second kappa shape index (κ2) is 10.5. The van der Waals surface area contributed by atoms with Crippen LogP contribution in [0.15, 0.2) is 53.4 Å². The fourth-order valence-corrected chi connectivity index (χ4v) is 4.09. The molecule has 0 radical (unpaired) electrons. The van der Waals surface area contributed by atoms with Gasteiger partial charge in [0.1, 0.15) is 0 Å². The van der Waals surface area contributed by atoms with Crippen molar-refractivity contribution < 1.29 is 22.7 Å². The number of benzene rings is 2. The number of hydrogen-bond acceptors (Lipinski definition) is 6. The predicted molar refractivity (Wildman–Crippen MR) is 114 cm³/mol. The van der Waals surface area contributed by atoms with Gasteiger partial charge in [-0.2, -0.15) is 0 Å². The molecule has 1 aliphatic rings. The van der Waals surface area contributed by atoms with Crippen molar-refractivity contribution in [2.45, 2.75) is 11.4 Å². The highest BCUT2D eigenvalue weighted by Crippen LogP contribution is 2.17. The Balaban J connectivity index is 1.53. The van der Waals surface area contributed by atoms with Gasteiger partial charge in [0, 0.05) is 44.5 Å². The van der Waals surface area contributed by atoms with Crippen molar-refractivity contribution in [2.75, 3.05) is 51.5 Å². The van der Waals surface area contributed by atoms with E-state index in [4.69, 9.17) is 9.47 Å². The molecule has 8 nitrogen and oxygen atoms in total. The number of morpholine rings is 1. The molecule has 1 aliphatic heterocycles. The van der Waals surface area contributed by atoms with Crippen LogP contribution in [0.25, 0.3) is 0 Å². The van der Waals surface area contributed by atoms with Crippen LogP contribution >= 0.6 is 0 Å². The molecule has 0 saturated carbocycles. The lowest BCUT2D eigenvalue weighted by Crippen LogP contribution is -2.36. The monoisotopic (exact) mass is 433 g/mol. The molecule has 0 bridgehead atoms. The zero-order valence-corrected chi connectivity index (χ0v) is 17.8. The first-order chi connectivity index (χ1) is 14.5. The molecular weight excluding hydrogens is 406 g/mol. The smallest absolute Gasteiger partial charge is 0.251 e. The molecule has 0 atom stereocenters. The molecule has 0 unspecified atom stereocenters. The molecule has 0 aliphatic carbocycles. The van der Waals surface area contributed by atoms with E-state index in [-0.39, 0.29) is 24.0 Å². The fraction of sp³-hybridized carbons (Fsp3) is 0.381. The summed E-state index contributed by atoms with van der Waals surface area (Å²) in [5, 5.41) is 2.86. The molecule has 1 saturated heterocycles. The van der Waals surface area contributed by atoms with Gasteiger partial charge < -0.3 is 19.7 Å². The summed E-state index contributed by atoms with van der Waals surface area (Å²) in [6, 6.07) is 13.9. The summed E-state index contributed by atoms with van der Waals surface area (Å²) in [5.74, 6) is -0.261. The number of amides is 1. The molecule has 2 aromatic carbocycles. The zero-order valence-electron chi connectivity index (χ0n) is 17.0. The van der Waals surface area contributed by atoms with Crippen LogP contribution < -0.4 is 14.9 Å². The molecule has 1 amide bonds. The van der Waals surface area contributed by atoms with Gasteiger partial charge in [-0.3, -0.25) is 4.79 Å². The van der Waals surface area contributed by atoms with E-state index < -0.39 is 10.0 Å². The average molecular weight is 434 g/mol. The molecule has 30 heavy (non-hydrogen) atoms. The van der Waals surface area contributed by atoms with Crippen molar-refractivity contribution in [1.82, 2.24) is 10.0 Å². The van der Waals surface area contributed by atoms with Gasteiger partial charge in [-0.25, -0.2) is 13.1 Å². The van der Waals surface area contributed by atoms with Gasteiger partial charge in [-0.1, -0.05) is 12.1 Å². The Bertz CT molecular complexity index is 924. The third-order valence-corrected chi connectivity index (χ3v) is 6.27. The SMILES string of the molecule is COCCNS(=O)(=O)c1ccc(C(=O)NCc2ccc(N3CCOCC3)cc2)cc1. The first-order valence-electron chi connectivity index (χ1n) is 9.78. The molecule has 9 heteroatoms.